The summed E-state index contributed by atoms with van der Waals surface area (Å²) in [6, 6.07) is 0. The topological polar surface area (TPSA) is 40.1 Å². The van der Waals surface area contributed by atoms with E-state index in [-0.39, 0.29) is 24.0 Å². The molecular weight excluding hydrogens is 423 g/mol. The van der Waals surface area contributed by atoms with E-state index in [9.17, 15) is 0 Å². The maximum absolute atomic E-state index is 5.41. The van der Waals surface area contributed by atoms with E-state index in [4.69, 9.17) is 4.74 Å². The molecule has 0 aromatic carbocycles. The summed E-state index contributed by atoms with van der Waals surface area (Å²) in [5.74, 6) is 2.91. The molecule has 0 spiro atoms. The zero-order valence-corrected chi connectivity index (χ0v) is 17.9. The van der Waals surface area contributed by atoms with Gasteiger partial charge in [-0.3, -0.25) is 9.89 Å². The molecule has 2 heterocycles. The van der Waals surface area contributed by atoms with Crippen molar-refractivity contribution in [1.82, 2.24) is 15.1 Å². The van der Waals surface area contributed by atoms with Gasteiger partial charge in [0.2, 0.25) is 0 Å². The molecule has 2 atom stereocenters. The molecule has 1 N–H and O–H groups in total. The Bertz CT molecular complexity index is 353. The van der Waals surface area contributed by atoms with Crippen molar-refractivity contribution in [2.75, 3.05) is 65.3 Å². The summed E-state index contributed by atoms with van der Waals surface area (Å²) in [6.07, 6.45) is 1.24. The summed E-state index contributed by atoms with van der Waals surface area (Å²) in [6.45, 7) is 12.9. The second kappa shape index (κ2) is 11.8. The van der Waals surface area contributed by atoms with Crippen molar-refractivity contribution < 1.29 is 4.74 Å². The van der Waals surface area contributed by atoms with Gasteiger partial charge in [0, 0.05) is 57.3 Å². The normalized spacial score (nSPS) is 24.9. The molecule has 7 heteroatoms. The highest BCUT2D eigenvalue weighted by molar-refractivity contribution is 14.0. The lowest BCUT2D eigenvalue weighted by atomic mass is 10.1. The molecule has 23 heavy (non-hydrogen) atoms. The van der Waals surface area contributed by atoms with Gasteiger partial charge in [-0.15, -0.1) is 24.0 Å². The van der Waals surface area contributed by atoms with Crippen molar-refractivity contribution in [3.63, 3.8) is 0 Å². The first-order chi connectivity index (χ1) is 10.7. The van der Waals surface area contributed by atoms with Gasteiger partial charge in [-0.05, 0) is 12.3 Å². The molecule has 0 aliphatic carbocycles. The van der Waals surface area contributed by atoms with Crippen LogP contribution in [0.3, 0.4) is 0 Å². The number of hydrogen-bond donors (Lipinski definition) is 1. The minimum absolute atomic E-state index is 0. The Morgan fingerprint density at radius 3 is 2.74 bits per heavy atom. The van der Waals surface area contributed by atoms with Gasteiger partial charge in [0.15, 0.2) is 5.96 Å². The zero-order valence-electron chi connectivity index (χ0n) is 14.8. The third kappa shape index (κ3) is 7.36. The molecule has 2 unspecified atom stereocenters. The number of hydrogen-bond acceptors (Lipinski definition) is 4. The van der Waals surface area contributed by atoms with E-state index >= 15 is 0 Å². The first-order valence-electron chi connectivity index (χ1n) is 8.60. The lowest BCUT2D eigenvalue weighted by Gasteiger charge is -2.35. The number of ether oxygens (including phenoxy) is 1. The Balaban J connectivity index is 0.00000264. The smallest absolute Gasteiger partial charge is 0.193 e. The molecule has 2 fully saturated rings. The van der Waals surface area contributed by atoms with Crippen molar-refractivity contribution >= 4 is 41.7 Å². The van der Waals surface area contributed by atoms with Crippen LogP contribution in [0.15, 0.2) is 4.99 Å². The van der Waals surface area contributed by atoms with Crippen LogP contribution < -0.4 is 5.32 Å². The molecule has 0 aromatic heterocycles. The number of nitrogens with zero attached hydrogens (tertiary/aromatic N) is 3. The van der Waals surface area contributed by atoms with E-state index in [1.54, 1.807) is 0 Å². The molecule has 136 valence electrons. The number of rotatable bonds is 5. The number of guanidine groups is 1. The van der Waals surface area contributed by atoms with Crippen molar-refractivity contribution in [3.8, 4) is 0 Å². The average Bonchev–Trinajstić information content (AvgIpc) is 2.56. The van der Waals surface area contributed by atoms with Crippen LogP contribution in [0.25, 0.3) is 0 Å². The number of thioether (sulfide) groups is 1. The number of aliphatic imine (C=N–C) groups is 1. The van der Waals surface area contributed by atoms with Crippen LogP contribution in [-0.4, -0.2) is 86.3 Å². The highest BCUT2D eigenvalue weighted by atomic mass is 127. The fraction of sp³-hybridized carbons (Fsp3) is 0.938. The summed E-state index contributed by atoms with van der Waals surface area (Å²) in [5, 5.41) is 4.33. The number of morpholine rings is 1. The van der Waals surface area contributed by atoms with Crippen molar-refractivity contribution in [1.29, 1.82) is 0 Å². The van der Waals surface area contributed by atoms with Gasteiger partial charge in [0.25, 0.3) is 0 Å². The molecule has 2 aliphatic rings. The first kappa shape index (κ1) is 21.3. The predicted octanol–water partition coefficient (Wildman–Crippen LogP) is 1.98. The molecule has 0 bridgehead atoms. The Kier molecular flexibility index (Phi) is 10.9. The second-order valence-corrected chi connectivity index (χ2v) is 7.70. The fourth-order valence-corrected chi connectivity index (χ4v) is 4.23. The van der Waals surface area contributed by atoms with Crippen LogP contribution in [0.4, 0.5) is 0 Å². The van der Waals surface area contributed by atoms with Crippen LogP contribution in [-0.2, 0) is 4.74 Å². The summed E-state index contributed by atoms with van der Waals surface area (Å²) >= 11 is 2.10. The standard InChI is InChI=1S/C16H32N4OS.HI/c1-4-15-13-20(7-10-22-15)16(17-3)18-11-14(2)12-19-5-8-21-9-6-19;/h14-15H,4-13H2,1-3H3,(H,17,18);1H. The van der Waals surface area contributed by atoms with Crippen molar-refractivity contribution in [3.05, 3.63) is 0 Å². The predicted molar refractivity (Wildman–Crippen MR) is 111 cm³/mol. The van der Waals surface area contributed by atoms with E-state index < -0.39 is 0 Å². The van der Waals surface area contributed by atoms with Crippen LogP contribution in [0, 0.1) is 5.92 Å². The fourth-order valence-electron chi connectivity index (χ4n) is 3.05. The highest BCUT2D eigenvalue weighted by Crippen LogP contribution is 2.21. The third-order valence-electron chi connectivity index (χ3n) is 4.39. The molecule has 0 amide bonds. The SMILES string of the molecule is CCC1CN(C(=NC)NCC(C)CN2CCOCC2)CCS1.I. The minimum atomic E-state index is 0. The lowest BCUT2D eigenvalue weighted by molar-refractivity contribution is 0.0320. The van der Waals surface area contributed by atoms with E-state index in [1.165, 1.54) is 12.2 Å². The summed E-state index contributed by atoms with van der Waals surface area (Å²) in [5.41, 5.74) is 0. The van der Waals surface area contributed by atoms with E-state index in [0.717, 1.165) is 63.7 Å². The van der Waals surface area contributed by atoms with Gasteiger partial charge in [-0.2, -0.15) is 11.8 Å². The van der Waals surface area contributed by atoms with Crippen LogP contribution in [0.2, 0.25) is 0 Å². The molecule has 0 aromatic rings. The van der Waals surface area contributed by atoms with Crippen LogP contribution in [0.5, 0.6) is 0 Å². The highest BCUT2D eigenvalue weighted by Gasteiger charge is 2.22. The largest absolute Gasteiger partial charge is 0.379 e. The average molecular weight is 456 g/mol. The Morgan fingerprint density at radius 2 is 2.09 bits per heavy atom. The number of halogens is 1. The van der Waals surface area contributed by atoms with Crippen LogP contribution >= 0.6 is 35.7 Å². The van der Waals surface area contributed by atoms with E-state index in [2.05, 4.69) is 45.7 Å². The molecular formula is C16H33IN4OS. The minimum Gasteiger partial charge on any atom is -0.379 e. The Morgan fingerprint density at radius 1 is 1.35 bits per heavy atom. The quantitative estimate of drug-likeness (QED) is 0.389. The zero-order chi connectivity index (χ0) is 15.8. The molecule has 2 rings (SSSR count). The molecule has 2 saturated heterocycles. The molecule has 0 saturated carbocycles. The number of nitrogens with one attached hydrogen (secondary N) is 1. The van der Waals surface area contributed by atoms with Crippen molar-refractivity contribution in [2.24, 2.45) is 10.9 Å². The molecule has 2 aliphatic heterocycles. The van der Waals surface area contributed by atoms with Crippen molar-refractivity contribution in [2.45, 2.75) is 25.5 Å². The third-order valence-corrected chi connectivity index (χ3v) is 5.76. The first-order valence-corrected chi connectivity index (χ1v) is 9.65. The van der Waals surface area contributed by atoms with Gasteiger partial charge in [-0.25, -0.2) is 0 Å². The van der Waals surface area contributed by atoms with Gasteiger partial charge >= 0.3 is 0 Å². The Hall–Kier alpha value is 0.270. The van der Waals surface area contributed by atoms with Gasteiger partial charge in [0.1, 0.15) is 0 Å². The van der Waals surface area contributed by atoms with E-state index in [0.29, 0.717) is 5.92 Å². The van der Waals surface area contributed by atoms with Gasteiger partial charge < -0.3 is 15.0 Å². The van der Waals surface area contributed by atoms with E-state index in [1.807, 2.05) is 7.05 Å². The second-order valence-electron chi connectivity index (χ2n) is 6.29. The summed E-state index contributed by atoms with van der Waals surface area (Å²) < 4.78 is 5.41. The monoisotopic (exact) mass is 456 g/mol. The maximum Gasteiger partial charge on any atom is 0.193 e. The van der Waals surface area contributed by atoms with Gasteiger partial charge in [0.05, 0.1) is 13.2 Å². The molecule has 0 radical (unpaired) electrons. The summed E-state index contributed by atoms with van der Waals surface area (Å²) in [4.78, 5) is 9.41. The summed E-state index contributed by atoms with van der Waals surface area (Å²) in [7, 11) is 1.90. The van der Waals surface area contributed by atoms with Crippen LogP contribution in [0.1, 0.15) is 20.3 Å². The van der Waals surface area contributed by atoms with Gasteiger partial charge in [-0.1, -0.05) is 13.8 Å². The Labute approximate surface area is 163 Å². The molecule has 5 nitrogen and oxygen atoms in total. The lowest BCUT2D eigenvalue weighted by Crippen LogP contribution is -2.49. The maximum atomic E-state index is 5.41.